The molecule has 0 aromatic heterocycles. The molecule has 1 heterocycles. The number of fused-ring (bicyclic) bond motifs is 1. The SMILES string of the molecule is CCCCOc1cccc2c1SC(S[N])N2C(C)(C)C. The van der Waals surface area contributed by atoms with Crippen LogP contribution < -0.4 is 14.8 Å². The third-order valence-corrected chi connectivity index (χ3v) is 5.21. The van der Waals surface area contributed by atoms with Gasteiger partial charge in [-0.15, -0.1) is 0 Å². The first-order chi connectivity index (χ1) is 9.49. The molecule has 3 nitrogen and oxygen atoms in total. The van der Waals surface area contributed by atoms with E-state index in [0.717, 1.165) is 47.7 Å². The molecule has 5 heteroatoms. The Bertz CT molecular complexity index is 460. The monoisotopic (exact) mass is 310 g/mol. The molecule has 1 aliphatic rings. The molecular formula is C15H22N2OS2. The number of unbranched alkanes of at least 4 members (excludes halogenated alkanes) is 1. The van der Waals surface area contributed by atoms with E-state index in [-0.39, 0.29) is 10.2 Å². The van der Waals surface area contributed by atoms with E-state index in [4.69, 9.17) is 4.74 Å². The normalized spacial score (nSPS) is 18.2. The quantitative estimate of drug-likeness (QED) is 0.589. The Kier molecular flexibility index (Phi) is 5.15. The molecule has 0 aliphatic carbocycles. The smallest absolute Gasteiger partial charge is 0.144 e. The molecule has 1 atom stereocenters. The molecule has 1 aromatic rings. The minimum absolute atomic E-state index is 0.0130. The van der Waals surface area contributed by atoms with Crippen LogP contribution in [0.15, 0.2) is 23.1 Å². The number of nitrogens with zero attached hydrogens (tertiary/aromatic N) is 2. The van der Waals surface area contributed by atoms with Crippen LogP contribution in [0, 0.1) is 0 Å². The van der Waals surface area contributed by atoms with Crippen LogP contribution in [0.3, 0.4) is 0 Å². The summed E-state index contributed by atoms with van der Waals surface area (Å²) in [6.07, 6.45) is 2.20. The average Bonchev–Trinajstić information content (AvgIpc) is 2.78. The van der Waals surface area contributed by atoms with E-state index in [1.54, 1.807) is 11.8 Å². The van der Waals surface area contributed by atoms with Crippen molar-refractivity contribution in [3.05, 3.63) is 18.2 Å². The fourth-order valence-corrected chi connectivity index (χ4v) is 4.52. The van der Waals surface area contributed by atoms with Crippen LogP contribution in [0.25, 0.3) is 0 Å². The zero-order valence-corrected chi connectivity index (χ0v) is 14.2. The highest BCUT2D eigenvalue weighted by Crippen LogP contribution is 2.53. The van der Waals surface area contributed by atoms with Crippen LogP contribution in [0.2, 0.25) is 0 Å². The maximum absolute atomic E-state index is 9.59. The minimum atomic E-state index is -0.0410. The second kappa shape index (κ2) is 6.50. The van der Waals surface area contributed by atoms with E-state index in [9.17, 15) is 5.14 Å². The van der Waals surface area contributed by atoms with Gasteiger partial charge in [0.1, 0.15) is 10.5 Å². The molecule has 1 aromatic carbocycles. The predicted molar refractivity (Wildman–Crippen MR) is 88.4 cm³/mol. The summed E-state index contributed by atoms with van der Waals surface area (Å²) >= 11 is 2.56. The van der Waals surface area contributed by atoms with Crippen molar-refractivity contribution in [3.8, 4) is 5.75 Å². The zero-order valence-electron chi connectivity index (χ0n) is 12.5. The summed E-state index contributed by atoms with van der Waals surface area (Å²) in [6, 6.07) is 6.16. The van der Waals surface area contributed by atoms with Crippen LogP contribution in [0.4, 0.5) is 5.69 Å². The van der Waals surface area contributed by atoms with Gasteiger partial charge in [-0.05, 0) is 51.3 Å². The van der Waals surface area contributed by atoms with Crippen LogP contribution in [-0.4, -0.2) is 16.9 Å². The average molecular weight is 310 g/mol. The van der Waals surface area contributed by atoms with Crippen molar-refractivity contribution >= 4 is 29.4 Å². The number of ether oxygens (including phenoxy) is 1. The first-order valence-corrected chi connectivity index (χ1v) is 8.72. The molecule has 0 saturated carbocycles. The van der Waals surface area contributed by atoms with Crippen molar-refractivity contribution in [2.24, 2.45) is 0 Å². The summed E-state index contributed by atoms with van der Waals surface area (Å²) in [7, 11) is 0. The molecule has 0 bridgehead atoms. The fourth-order valence-electron chi connectivity index (χ4n) is 2.27. The van der Waals surface area contributed by atoms with Crippen molar-refractivity contribution in [2.75, 3.05) is 11.5 Å². The number of rotatable bonds is 5. The molecule has 2 radical (unpaired) electrons. The summed E-state index contributed by atoms with van der Waals surface area (Å²) in [5, 5.41) is 9.59. The number of anilines is 1. The highest BCUT2D eigenvalue weighted by atomic mass is 32.2. The van der Waals surface area contributed by atoms with Crippen LogP contribution in [-0.2, 0) is 0 Å². The van der Waals surface area contributed by atoms with Crippen LogP contribution >= 0.6 is 23.7 Å². The fraction of sp³-hybridized carbons (Fsp3) is 0.600. The molecular weight excluding hydrogens is 288 g/mol. The lowest BCUT2D eigenvalue weighted by atomic mass is 10.1. The Morgan fingerprint density at radius 2 is 2.15 bits per heavy atom. The van der Waals surface area contributed by atoms with Gasteiger partial charge in [0.05, 0.1) is 17.2 Å². The van der Waals surface area contributed by atoms with Gasteiger partial charge in [-0.2, -0.15) is 0 Å². The molecule has 2 rings (SSSR count). The van der Waals surface area contributed by atoms with Crippen molar-refractivity contribution in [2.45, 2.75) is 55.7 Å². The summed E-state index contributed by atoms with van der Waals surface area (Å²) in [4.78, 5) is 3.40. The van der Waals surface area contributed by atoms with Gasteiger partial charge in [-0.3, -0.25) is 0 Å². The van der Waals surface area contributed by atoms with Gasteiger partial charge in [0.25, 0.3) is 0 Å². The topological polar surface area (TPSA) is 34.8 Å². The minimum Gasteiger partial charge on any atom is -0.492 e. The Hall–Kier alpha value is -0.520. The summed E-state index contributed by atoms with van der Waals surface area (Å²) in [6.45, 7) is 9.40. The van der Waals surface area contributed by atoms with E-state index in [1.807, 2.05) is 12.1 Å². The lowest BCUT2D eigenvalue weighted by Crippen LogP contribution is -2.43. The van der Waals surface area contributed by atoms with E-state index in [0.29, 0.717) is 0 Å². The maximum atomic E-state index is 9.59. The Morgan fingerprint density at radius 3 is 2.75 bits per heavy atom. The largest absolute Gasteiger partial charge is 0.492 e. The van der Waals surface area contributed by atoms with Gasteiger partial charge in [0, 0.05) is 5.54 Å². The Balaban J connectivity index is 2.30. The summed E-state index contributed by atoms with van der Waals surface area (Å²) < 4.78 is 5.89. The predicted octanol–water partition coefficient (Wildman–Crippen LogP) is 4.58. The summed E-state index contributed by atoms with van der Waals surface area (Å²) in [5.74, 6) is 0.937. The molecule has 0 saturated heterocycles. The third kappa shape index (κ3) is 3.21. The van der Waals surface area contributed by atoms with Gasteiger partial charge in [-0.25, -0.2) is 0 Å². The van der Waals surface area contributed by atoms with Gasteiger partial charge in [0.2, 0.25) is 0 Å². The first kappa shape index (κ1) is 15.9. The van der Waals surface area contributed by atoms with Gasteiger partial charge in [-0.1, -0.05) is 36.3 Å². The van der Waals surface area contributed by atoms with E-state index < -0.39 is 0 Å². The number of thioether (sulfide) groups is 1. The van der Waals surface area contributed by atoms with Crippen molar-refractivity contribution in [1.82, 2.24) is 5.14 Å². The Labute approximate surface area is 130 Å². The molecule has 1 aliphatic heterocycles. The number of benzene rings is 1. The number of hydrogen-bond donors (Lipinski definition) is 0. The third-order valence-electron chi connectivity index (χ3n) is 3.22. The molecule has 0 amide bonds. The van der Waals surface area contributed by atoms with Gasteiger partial charge < -0.3 is 9.64 Å². The molecule has 110 valence electrons. The van der Waals surface area contributed by atoms with Crippen LogP contribution in [0.1, 0.15) is 40.5 Å². The first-order valence-electron chi connectivity index (χ1n) is 7.01. The lowest BCUT2D eigenvalue weighted by molar-refractivity contribution is 0.303. The van der Waals surface area contributed by atoms with Crippen molar-refractivity contribution < 1.29 is 4.74 Å². The standard InChI is InChI=1S/C15H22N2OS2/c1-5-6-10-18-12-9-7-8-11-13(12)19-14(20-16)17(11)15(2,3)4/h7-9,14H,5-6,10H2,1-4H3. The van der Waals surface area contributed by atoms with Gasteiger partial charge >= 0.3 is 0 Å². The molecule has 0 spiro atoms. The molecule has 0 N–H and O–H groups in total. The van der Waals surface area contributed by atoms with E-state index >= 15 is 0 Å². The van der Waals surface area contributed by atoms with E-state index in [2.05, 4.69) is 38.7 Å². The Morgan fingerprint density at radius 1 is 1.40 bits per heavy atom. The molecule has 0 fully saturated rings. The summed E-state index contributed by atoms with van der Waals surface area (Å²) in [5.41, 5.74) is 1.11. The van der Waals surface area contributed by atoms with E-state index in [1.165, 1.54) is 0 Å². The lowest BCUT2D eigenvalue weighted by Gasteiger charge is -2.37. The van der Waals surface area contributed by atoms with Gasteiger partial charge in [0.15, 0.2) is 0 Å². The second-order valence-electron chi connectivity index (χ2n) is 5.88. The van der Waals surface area contributed by atoms with Crippen molar-refractivity contribution in [3.63, 3.8) is 0 Å². The number of hydrogen-bond acceptors (Lipinski definition) is 4. The van der Waals surface area contributed by atoms with Crippen LogP contribution in [0.5, 0.6) is 5.75 Å². The molecule has 20 heavy (non-hydrogen) atoms. The van der Waals surface area contributed by atoms with Crippen molar-refractivity contribution in [1.29, 1.82) is 0 Å². The molecule has 1 unspecified atom stereocenters. The highest BCUT2D eigenvalue weighted by molar-refractivity contribution is 8.16. The maximum Gasteiger partial charge on any atom is 0.144 e. The highest BCUT2D eigenvalue weighted by Gasteiger charge is 2.38. The second-order valence-corrected chi connectivity index (χ2v) is 7.92. The zero-order chi connectivity index (χ0) is 14.8.